The molecule has 3 rings (SSSR count). The number of aromatic amines is 1. The number of nitrogens with zero attached hydrogens (tertiary/aromatic N) is 3. The largest absolute Gasteiger partial charge is 0.348 e. The molecule has 3 atom stereocenters. The van der Waals surface area contributed by atoms with E-state index in [1.165, 1.54) is 12.8 Å². The molecule has 0 saturated heterocycles. The lowest BCUT2D eigenvalue weighted by molar-refractivity contribution is 0.0886. The quantitative estimate of drug-likeness (QED) is 0.909. The lowest BCUT2D eigenvalue weighted by Crippen LogP contribution is -2.43. The van der Waals surface area contributed by atoms with Crippen molar-refractivity contribution in [3.8, 4) is 11.3 Å². The fourth-order valence-electron chi connectivity index (χ4n) is 3.74. The average molecular weight is 329 g/mol. The van der Waals surface area contributed by atoms with Gasteiger partial charge < -0.3 is 5.32 Å². The van der Waals surface area contributed by atoms with Crippen molar-refractivity contribution in [3.05, 3.63) is 23.1 Å². The van der Waals surface area contributed by atoms with Gasteiger partial charge in [-0.1, -0.05) is 26.7 Å². The predicted molar refractivity (Wildman–Crippen MR) is 93.7 cm³/mol. The van der Waals surface area contributed by atoms with Crippen molar-refractivity contribution in [2.24, 2.45) is 18.9 Å². The monoisotopic (exact) mass is 329 g/mol. The van der Waals surface area contributed by atoms with E-state index in [9.17, 15) is 4.79 Å². The van der Waals surface area contributed by atoms with Crippen molar-refractivity contribution >= 4 is 5.91 Å². The van der Waals surface area contributed by atoms with Crippen LogP contribution >= 0.6 is 0 Å². The van der Waals surface area contributed by atoms with Gasteiger partial charge in [0.15, 0.2) is 0 Å². The zero-order chi connectivity index (χ0) is 17.4. The number of amides is 1. The van der Waals surface area contributed by atoms with E-state index in [0.29, 0.717) is 17.5 Å². The predicted octanol–water partition coefficient (Wildman–Crippen LogP) is 2.98. The Morgan fingerprint density at radius 2 is 2.08 bits per heavy atom. The van der Waals surface area contributed by atoms with E-state index in [0.717, 1.165) is 29.1 Å². The molecule has 2 aromatic heterocycles. The van der Waals surface area contributed by atoms with Crippen molar-refractivity contribution < 1.29 is 4.79 Å². The normalized spacial score (nSPS) is 24.1. The smallest absolute Gasteiger partial charge is 0.269 e. The van der Waals surface area contributed by atoms with Crippen LogP contribution in [0.15, 0.2) is 6.07 Å². The number of carbonyl (C=O) groups is 1. The van der Waals surface area contributed by atoms with Gasteiger partial charge in [0.1, 0.15) is 5.69 Å². The molecular weight excluding hydrogens is 302 g/mol. The number of aromatic nitrogens is 4. The number of hydrogen-bond donors (Lipinski definition) is 2. The summed E-state index contributed by atoms with van der Waals surface area (Å²) in [5.74, 6) is 1.09. The number of carbonyl (C=O) groups excluding carboxylic acids is 1. The van der Waals surface area contributed by atoms with Crippen molar-refractivity contribution in [1.82, 2.24) is 25.3 Å². The Bertz CT molecular complexity index is 745. The second kappa shape index (κ2) is 6.42. The lowest BCUT2D eigenvalue weighted by atomic mass is 9.78. The summed E-state index contributed by atoms with van der Waals surface area (Å²) in [5, 5.41) is 14.8. The third kappa shape index (κ3) is 2.97. The molecular formula is C18H27N5O. The highest BCUT2D eigenvalue weighted by Gasteiger charge is 2.29. The molecule has 0 aliphatic heterocycles. The summed E-state index contributed by atoms with van der Waals surface area (Å²) < 4.78 is 1.84. The van der Waals surface area contributed by atoms with E-state index in [1.807, 2.05) is 31.6 Å². The van der Waals surface area contributed by atoms with Crippen molar-refractivity contribution in [1.29, 1.82) is 0 Å². The fourth-order valence-corrected chi connectivity index (χ4v) is 3.74. The van der Waals surface area contributed by atoms with Crippen molar-refractivity contribution in [3.63, 3.8) is 0 Å². The molecule has 2 N–H and O–H groups in total. The molecule has 0 spiro atoms. The number of aryl methyl sites for hydroxylation is 2. The number of hydrogen-bond acceptors (Lipinski definition) is 3. The Kier molecular flexibility index (Phi) is 4.47. The minimum absolute atomic E-state index is 0.0705. The third-order valence-electron chi connectivity index (χ3n) is 5.61. The molecule has 1 aliphatic rings. The highest BCUT2D eigenvalue weighted by Crippen LogP contribution is 2.30. The van der Waals surface area contributed by atoms with Crippen LogP contribution in [-0.2, 0) is 7.05 Å². The van der Waals surface area contributed by atoms with Gasteiger partial charge in [-0.15, -0.1) is 0 Å². The van der Waals surface area contributed by atoms with Crippen LogP contribution in [0.2, 0.25) is 0 Å². The first-order valence-corrected chi connectivity index (χ1v) is 8.75. The molecule has 1 aliphatic carbocycles. The Labute approximate surface area is 143 Å². The van der Waals surface area contributed by atoms with Crippen LogP contribution in [0.3, 0.4) is 0 Å². The molecule has 1 amide bonds. The second-order valence-corrected chi connectivity index (χ2v) is 7.18. The topological polar surface area (TPSA) is 75.6 Å². The third-order valence-corrected chi connectivity index (χ3v) is 5.61. The summed E-state index contributed by atoms with van der Waals surface area (Å²) in [6.45, 7) is 8.47. The van der Waals surface area contributed by atoms with Gasteiger partial charge >= 0.3 is 0 Å². The number of nitrogens with one attached hydrogen (secondary N) is 2. The molecule has 1 saturated carbocycles. The van der Waals surface area contributed by atoms with Crippen LogP contribution in [0, 0.1) is 25.7 Å². The number of H-pyrrole nitrogens is 1. The first kappa shape index (κ1) is 16.7. The molecule has 0 radical (unpaired) electrons. The maximum absolute atomic E-state index is 12.6. The second-order valence-electron chi connectivity index (χ2n) is 7.18. The summed E-state index contributed by atoms with van der Waals surface area (Å²) in [4.78, 5) is 12.6. The summed E-state index contributed by atoms with van der Waals surface area (Å²) in [5.41, 5.74) is 4.24. The zero-order valence-electron chi connectivity index (χ0n) is 15.2. The molecule has 2 aromatic rings. The number of rotatable bonds is 3. The molecule has 6 nitrogen and oxygen atoms in total. The van der Waals surface area contributed by atoms with Crippen LogP contribution in [-0.4, -0.2) is 31.9 Å². The van der Waals surface area contributed by atoms with E-state index in [1.54, 1.807) is 0 Å². The van der Waals surface area contributed by atoms with E-state index >= 15 is 0 Å². The van der Waals surface area contributed by atoms with Crippen molar-refractivity contribution in [2.45, 2.75) is 53.0 Å². The first-order chi connectivity index (χ1) is 11.4. The summed E-state index contributed by atoms with van der Waals surface area (Å²) in [7, 11) is 1.91. The Balaban J connectivity index is 1.77. The molecule has 1 fully saturated rings. The Morgan fingerprint density at radius 1 is 1.33 bits per heavy atom. The molecule has 6 heteroatoms. The lowest BCUT2D eigenvalue weighted by Gasteiger charge is -2.34. The molecule has 2 heterocycles. The fraction of sp³-hybridized carbons (Fsp3) is 0.611. The maximum atomic E-state index is 12.6. The van der Waals surface area contributed by atoms with Crippen LogP contribution in [0.25, 0.3) is 11.3 Å². The molecule has 130 valence electrons. The van der Waals surface area contributed by atoms with E-state index in [4.69, 9.17) is 0 Å². The summed E-state index contributed by atoms with van der Waals surface area (Å²) in [6, 6.07) is 2.07. The van der Waals surface area contributed by atoms with Crippen molar-refractivity contribution in [2.75, 3.05) is 0 Å². The molecule has 3 unspecified atom stereocenters. The van der Waals surface area contributed by atoms with Gasteiger partial charge in [0.05, 0.1) is 11.4 Å². The molecule has 24 heavy (non-hydrogen) atoms. The summed E-state index contributed by atoms with van der Waals surface area (Å²) >= 11 is 0. The van der Waals surface area contributed by atoms with E-state index in [-0.39, 0.29) is 11.9 Å². The van der Waals surface area contributed by atoms with Crippen LogP contribution in [0.5, 0.6) is 0 Å². The summed E-state index contributed by atoms with van der Waals surface area (Å²) in [6.07, 6.45) is 3.49. The highest BCUT2D eigenvalue weighted by atomic mass is 16.2. The zero-order valence-corrected chi connectivity index (χ0v) is 15.2. The SMILES string of the molecule is Cc1nn(C)c(C)c1-c1cc(C(=O)NC2CCCC(C)C2C)[nH]n1. The minimum atomic E-state index is -0.0705. The standard InChI is InChI=1S/C18H27N5O/c1-10-7-6-8-14(11(10)2)19-18(24)16-9-15(20-21-16)17-12(3)22-23(5)13(17)4/h9-11,14H,6-8H2,1-5H3,(H,19,24)(H,20,21). The first-order valence-electron chi connectivity index (χ1n) is 8.75. The van der Waals surface area contributed by atoms with Gasteiger partial charge in [-0.05, 0) is 38.2 Å². The van der Waals surface area contributed by atoms with Gasteiger partial charge in [-0.3, -0.25) is 14.6 Å². The molecule has 0 bridgehead atoms. The van der Waals surface area contributed by atoms with Gasteiger partial charge in [-0.2, -0.15) is 10.2 Å². The van der Waals surface area contributed by atoms with Gasteiger partial charge in [0.2, 0.25) is 0 Å². The average Bonchev–Trinajstić information content (AvgIpc) is 3.10. The van der Waals surface area contributed by atoms with Gasteiger partial charge in [0.25, 0.3) is 5.91 Å². The van der Waals surface area contributed by atoms with Gasteiger partial charge in [0, 0.05) is 24.3 Å². The van der Waals surface area contributed by atoms with Crippen LogP contribution < -0.4 is 5.32 Å². The van der Waals surface area contributed by atoms with Gasteiger partial charge in [-0.25, -0.2) is 0 Å². The minimum Gasteiger partial charge on any atom is -0.348 e. The van der Waals surface area contributed by atoms with E-state index in [2.05, 4.69) is 34.5 Å². The highest BCUT2D eigenvalue weighted by molar-refractivity contribution is 5.93. The maximum Gasteiger partial charge on any atom is 0.269 e. The van der Waals surface area contributed by atoms with Crippen LogP contribution in [0.1, 0.15) is 55.0 Å². The van der Waals surface area contributed by atoms with Crippen LogP contribution in [0.4, 0.5) is 0 Å². The molecule has 0 aromatic carbocycles. The van der Waals surface area contributed by atoms with E-state index < -0.39 is 0 Å². The Morgan fingerprint density at radius 3 is 2.75 bits per heavy atom. The Hall–Kier alpha value is -2.11.